The average Bonchev–Trinajstić information content (AvgIpc) is 3.25. The maximum Gasteiger partial charge on any atom is 0.387 e. The lowest BCUT2D eigenvalue weighted by Gasteiger charge is -2.25. The van der Waals surface area contributed by atoms with Crippen LogP contribution >= 0.6 is 0 Å². The van der Waals surface area contributed by atoms with Crippen LogP contribution in [-0.4, -0.2) is 29.8 Å². The number of nitrogens with zero attached hydrogens (tertiary/aromatic N) is 2. The number of carbonyl (C=O) groups excluding carboxylic acids is 1. The van der Waals surface area contributed by atoms with Crippen molar-refractivity contribution in [3.05, 3.63) is 66.4 Å². The van der Waals surface area contributed by atoms with Crippen molar-refractivity contribution in [1.29, 1.82) is 0 Å². The summed E-state index contributed by atoms with van der Waals surface area (Å²) in [7, 11) is 0. The van der Waals surface area contributed by atoms with Crippen molar-refractivity contribution < 1.29 is 41.0 Å². The zero-order chi connectivity index (χ0) is 24.9. The van der Waals surface area contributed by atoms with E-state index in [-0.39, 0.29) is 6.54 Å². The van der Waals surface area contributed by atoms with Gasteiger partial charge in [-0.25, -0.2) is 9.78 Å². The van der Waals surface area contributed by atoms with Crippen molar-refractivity contribution >= 4 is 17.3 Å². The number of benzene rings is 2. The molecule has 0 saturated carbocycles. The van der Waals surface area contributed by atoms with Crippen molar-refractivity contribution in [2.75, 3.05) is 4.90 Å². The molecule has 34 heavy (non-hydrogen) atoms. The number of hydrogen-bond donors (Lipinski definition) is 0. The monoisotopic (exact) mass is 482 g/mol. The second kappa shape index (κ2) is 10.4. The van der Waals surface area contributed by atoms with Crippen molar-refractivity contribution in [1.82, 2.24) is 4.98 Å². The molecule has 11 heteroatoms. The first kappa shape index (κ1) is 24.9. The highest BCUT2D eigenvalue weighted by Gasteiger charge is 2.21. The second-order valence-electron chi connectivity index (χ2n) is 7.99. The SMILES string of the molecule is CC(C)(C)OC(=O)c1ccc(N(Cc2cnco2)c2ccc(OC(F)F)c(OC(F)F)c2)cc1. The molecule has 0 aliphatic rings. The molecule has 2 aromatic carbocycles. The molecule has 0 atom stereocenters. The van der Waals surface area contributed by atoms with Gasteiger partial charge in [-0.2, -0.15) is 17.6 Å². The second-order valence-corrected chi connectivity index (χ2v) is 7.99. The number of hydrogen-bond acceptors (Lipinski definition) is 7. The fourth-order valence-electron chi connectivity index (χ4n) is 2.97. The molecule has 0 amide bonds. The highest BCUT2D eigenvalue weighted by atomic mass is 19.3. The van der Waals surface area contributed by atoms with E-state index in [4.69, 9.17) is 9.15 Å². The van der Waals surface area contributed by atoms with Gasteiger partial charge in [0.25, 0.3) is 0 Å². The van der Waals surface area contributed by atoms with Gasteiger partial charge in [-0.05, 0) is 57.2 Å². The number of anilines is 2. The third-order valence-electron chi connectivity index (χ3n) is 4.28. The highest BCUT2D eigenvalue weighted by Crippen LogP contribution is 2.37. The summed E-state index contributed by atoms with van der Waals surface area (Å²) in [5, 5.41) is 0. The topological polar surface area (TPSA) is 74.0 Å². The van der Waals surface area contributed by atoms with E-state index in [9.17, 15) is 22.4 Å². The van der Waals surface area contributed by atoms with Crippen LogP contribution < -0.4 is 14.4 Å². The summed E-state index contributed by atoms with van der Waals surface area (Å²) < 4.78 is 70.5. The van der Waals surface area contributed by atoms with Crippen LogP contribution in [0.3, 0.4) is 0 Å². The van der Waals surface area contributed by atoms with E-state index in [0.29, 0.717) is 22.7 Å². The van der Waals surface area contributed by atoms with E-state index >= 15 is 0 Å². The van der Waals surface area contributed by atoms with Crippen LogP contribution in [0.2, 0.25) is 0 Å². The van der Waals surface area contributed by atoms with E-state index in [1.807, 2.05) is 0 Å². The molecule has 0 saturated heterocycles. The maximum atomic E-state index is 12.9. The van der Waals surface area contributed by atoms with E-state index in [1.165, 1.54) is 18.7 Å². The van der Waals surface area contributed by atoms with E-state index in [0.717, 1.165) is 12.1 Å². The number of aromatic nitrogens is 1. The number of oxazole rings is 1. The van der Waals surface area contributed by atoms with Gasteiger partial charge < -0.3 is 23.5 Å². The van der Waals surface area contributed by atoms with Gasteiger partial charge in [0, 0.05) is 17.4 Å². The van der Waals surface area contributed by atoms with Gasteiger partial charge >= 0.3 is 19.2 Å². The lowest BCUT2D eigenvalue weighted by molar-refractivity contribution is -0.0692. The predicted octanol–water partition coefficient (Wildman–Crippen LogP) is 6.17. The van der Waals surface area contributed by atoms with Gasteiger partial charge in [-0.3, -0.25) is 0 Å². The summed E-state index contributed by atoms with van der Waals surface area (Å²) in [5.74, 6) is -1.19. The Balaban J connectivity index is 1.97. The smallest absolute Gasteiger partial charge is 0.387 e. The Morgan fingerprint density at radius 2 is 1.59 bits per heavy atom. The quantitative estimate of drug-likeness (QED) is 0.267. The number of rotatable bonds is 9. The van der Waals surface area contributed by atoms with E-state index < -0.39 is 36.3 Å². The Labute approximate surface area is 192 Å². The molecule has 1 aromatic heterocycles. The Bertz CT molecular complexity index is 1080. The molecule has 0 aliphatic heterocycles. The molecule has 1 heterocycles. The van der Waals surface area contributed by atoms with E-state index in [1.54, 1.807) is 49.9 Å². The Hall–Kier alpha value is -3.76. The molecule has 0 radical (unpaired) electrons. The van der Waals surface area contributed by atoms with Crippen LogP contribution in [0.1, 0.15) is 36.9 Å². The molecule has 3 rings (SSSR count). The number of halogens is 4. The molecule has 0 spiro atoms. The maximum absolute atomic E-state index is 12.9. The molecular weight excluding hydrogens is 460 g/mol. The minimum atomic E-state index is -3.26. The third kappa shape index (κ3) is 6.87. The number of ether oxygens (including phenoxy) is 3. The Morgan fingerprint density at radius 3 is 2.15 bits per heavy atom. The lowest BCUT2D eigenvalue weighted by Crippen LogP contribution is -2.24. The largest absolute Gasteiger partial charge is 0.456 e. The Morgan fingerprint density at radius 1 is 0.971 bits per heavy atom. The minimum Gasteiger partial charge on any atom is -0.456 e. The zero-order valence-corrected chi connectivity index (χ0v) is 18.5. The van der Waals surface area contributed by atoms with Crippen LogP contribution in [0, 0.1) is 0 Å². The van der Waals surface area contributed by atoms with Crippen molar-refractivity contribution in [3.8, 4) is 11.5 Å². The van der Waals surface area contributed by atoms with Gasteiger partial charge in [0.15, 0.2) is 17.9 Å². The summed E-state index contributed by atoms with van der Waals surface area (Å²) in [4.78, 5) is 17.8. The Kier molecular flexibility index (Phi) is 7.64. The summed E-state index contributed by atoms with van der Waals surface area (Å²) in [5.41, 5.74) is 0.477. The van der Waals surface area contributed by atoms with Gasteiger partial charge in [0.2, 0.25) is 0 Å². The molecule has 0 fully saturated rings. The summed E-state index contributed by atoms with van der Waals surface area (Å²) in [6.45, 7) is -1.13. The normalized spacial score (nSPS) is 11.6. The highest BCUT2D eigenvalue weighted by molar-refractivity contribution is 5.90. The molecule has 0 bridgehead atoms. The third-order valence-corrected chi connectivity index (χ3v) is 4.28. The molecule has 3 aromatic rings. The molecule has 0 aliphatic carbocycles. The van der Waals surface area contributed by atoms with Gasteiger partial charge in [0.05, 0.1) is 18.3 Å². The fraction of sp³-hybridized carbons (Fsp3) is 0.304. The van der Waals surface area contributed by atoms with Crippen molar-refractivity contribution in [2.45, 2.75) is 46.1 Å². The first-order valence-electron chi connectivity index (χ1n) is 10.0. The summed E-state index contributed by atoms with van der Waals surface area (Å²) in [6, 6.07) is 9.96. The van der Waals surface area contributed by atoms with Gasteiger partial charge in [0.1, 0.15) is 11.4 Å². The number of carbonyl (C=O) groups is 1. The molecular formula is C23H22F4N2O5. The first-order valence-corrected chi connectivity index (χ1v) is 10.0. The van der Waals surface area contributed by atoms with Crippen molar-refractivity contribution in [3.63, 3.8) is 0 Å². The molecule has 0 unspecified atom stereocenters. The fourth-order valence-corrected chi connectivity index (χ4v) is 2.97. The van der Waals surface area contributed by atoms with Crippen LogP contribution in [-0.2, 0) is 11.3 Å². The number of alkyl halides is 4. The molecule has 0 N–H and O–H groups in total. The predicted molar refractivity (Wildman–Crippen MR) is 114 cm³/mol. The van der Waals surface area contributed by atoms with Crippen LogP contribution in [0.5, 0.6) is 11.5 Å². The van der Waals surface area contributed by atoms with Crippen LogP contribution in [0.4, 0.5) is 28.9 Å². The summed E-state index contributed by atoms with van der Waals surface area (Å²) in [6.07, 6.45) is 2.69. The lowest BCUT2D eigenvalue weighted by atomic mass is 10.1. The summed E-state index contributed by atoms with van der Waals surface area (Å²) >= 11 is 0. The van der Waals surface area contributed by atoms with Gasteiger partial charge in [-0.1, -0.05) is 0 Å². The number of esters is 1. The van der Waals surface area contributed by atoms with Gasteiger partial charge in [-0.15, -0.1) is 0 Å². The van der Waals surface area contributed by atoms with Crippen LogP contribution in [0.25, 0.3) is 0 Å². The van der Waals surface area contributed by atoms with Crippen molar-refractivity contribution in [2.24, 2.45) is 0 Å². The van der Waals surface area contributed by atoms with E-state index in [2.05, 4.69) is 14.5 Å². The van der Waals surface area contributed by atoms with Crippen LogP contribution in [0.15, 0.2) is 59.5 Å². The standard InChI is InChI=1S/C23H22F4N2O5/c1-23(2,3)34-20(30)14-4-6-15(7-5-14)29(12-17-11-28-13-31-17)16-8-9-18(32-21(24)25)19(10-16)33-22(26)27/h4-11,13,21-22H,12H2,1-3H3. The zero-order valence-electron chi connectivity index (χ0n) is 18.5. The molecule has 182 valence electrons. The molecule has 7 nitrogen and oxygen atoms in total. The average molecular weight is 482 g/mol. The first-order chi connectivity index (χ1) is 16.0. The minimum absolute atomic E-state index is 0.106.